The quantitative estimate of drug-likeness (QED) is 0.908. The van der Waals surface area contributed by atoms with Crippen molar-refractivity contribution in [2.75, 3.05) is 20.2 Å². The van der Waals surface area contributed by atoms with Gasteiger partial charge in [0.2, 0.25) is 0 Å². The lowest BCUT2D eigenvalue weighted by atomic mass is 9.94. The van der Waals surface area contributed by atoms with Gasteiger partial charge in [-0.2, -0.15) is 0 Å². The number of nitrogens with zero attached hydrogens (tertiary/aromatic N) is 1. The smallest absolute Gasteiger partial charge is 0.257 e. The van der Waals surface area contributed by atoms with Crippen LogP contribution in [-0.2, 0) is 4.74 Å². The lowest BCUT2D eigenvalue weighted by Crippen LogP contribution is -2.49. The molecule has 5 heteroatoms. The number of phenolic OH excluding ortho intramolecular Hbond substituents is 1. The highest BCUT2D eigenvalue weighted by molar-refractivity contribution is 6.30. The van der Waals surface area contributed by atoms with E-state index in [2.05, 4.69) is 0 Å². The van der Waals surface area contributed by atoms with Crippen LogP contribution >= 0.6 is 11.6 Å². The average molecular weight is 284 g/mol. The minimum Gasteiger partial charge on any atom is -0.507 e. The molecule has 1 aliphatic heterocycles. The van der Waals surface area contributed by atoms with Gasteiger partial charge in [0, 0.05) is 25.2 Å². The SMILES string of the molecule is COC1(C)CCCN(C(=O)c2ccc(Cl)cc2O)C1. The summed E-state index contributed by atoms with van der Waals surface area (Å²) in [5, 5.41) is 10.2. The number of phenols is 1. The van der Waals surface area contributed by atoms with Crippen molar-refractivity contribution in [2.45, 2.75) is 25.4 Å². The van der Waals surface area contributed by atoms with Crippen LogP contribution in [-0.4, -0.2) is 41.7 Å². The Morgan fingerprint density at radius 1 is 1.53 bits per heavy atom. The van der Waals surface area contributed by atoms with Crippen molar-refractivity contribution in [1.82, 2.24) is 4.90 Å². The van der Waals surface area contributed by atoms with Gasteiger partial charge in [0.1, 0.15) is 5.75 Å². The number of methoxy groups -OCH3 is 1. The van der Waals surface area contributed by atoms with Crippen LogP contribution in [0.25, 0.3) is 0 Å². The molecule has 1 heterocycles. The molecule has 0 radical (unpaired) electrons. The van der Waals surface area contributed by atoms with Crippen molar-refractivity contribution < 1.29 is 14.6 Å². The molecule has 0 spiro atoms. The largest absolute Gasteiger partial charge is 0.507 e. The minimum absolute atomic E-state index is 0.0813. The summed E-state index contributed by atoms with van der Waals surface area (Å²) < 4.78 is 5.47. The lowest BCUT2D eigenvalue weighted by molar-refractivity contribution is -0.0440. The number of benzene rings is 1. The first-order valence-corrected chi connectivity index (χ1v) is 6.66. The first-order valence-electron chi connectivity index (χ1n) is 6.28. The number of hydrogen-bond acceptors (Lipinski definition) is 3. The molecule has 1 aliphatic rings. The maximum Gasteiger partial charge on any atom is 0.257 e. The molecule has 104 valence electrons. The van der Waals surface area contributed by atoms with E-state index in [1.54, 1.807) is 24.1 Å². The van der Waals surface area contributed by atoms with Crippen molar-refractivity contribution in [3.8, 4) is 5.75 Å². The molecular weight excluding hydrogens is 266 g/mol. The van der Waals surface area contributed by atoms with Crippen LogP contribution < -0.4 is 0 Å². The van der Waals surface area contributed by atoms with Crippen molar-refractivity contribution in [3.63, 3.8) is 0 Å². The van der Waals surface area contributed by atoms with Crippen LogP contribution in [0.3, 0.4) is 0 Å². The Balaban J connectivity index is 2.19. The van der Waals surface area contributed by atoms with Gasteiger partial charge < -0.3 is 14.7 Å². The fourth-order valence-corrected chi connectivity index (χ4v) is 2.57. The maximum atomic E-state index is 12.4. The van der Waals surface area contributed by atoms with Crippen molar-refractivity contribution in [3.05, 3.63) is 28.8 Å². The number of ether oxygens (including phenoxy) is 1. The highest BCUT2D eigenvalue weighted by atomic mass is 35.5. The van der Waals surface area contributed by atoms with E-state index in [1.807, 2.05) is 6.92 Å². The summed E-state index contributed by atoms with van der Waals surface area (Å²) in [5.41, 5.74) is -0.0274. The molecular formula is C14H18ClNO3. The molecule has 0 bridgehead atoms. The van der Waals surface area contributed by atoms with Crippen LogP contribution in [0.4, 0.5) is 0 Å². The summed E-state index contributed by atoms with van der Waals surface area (Å²) in [7, 11) is 1.66. The number of carbonyl (C=O) groups excluding carboxylic acids is 1. The number of hydrogen-bond donors (Lipinski definition) is 1. The van der Waals surface area contributed by atoms with Crippen molar-refractivity contribution in [1.29, 1.82) is 0 Å². The van der Waals surface area contributed by atoms with Crippen LogP contribution in [0.2, 0.25) is 5.02 Å². The zero-order chi connectivity index (χ0) is 14.0. The molecule has 1 saturated heterocycles. The standard InChI is InChI=1S/C14H18ClNO3/c1-14(19-2)6-3-7-16(9-14)13(18)11-5-4-10(15)8-12(11)17/h4-5,8,17H,3,6-7,9H2,1-2H3. The molecule has 0 saturated carbocycles. The summed E-state index contributed by atoms with van der Waals surface area (Å²) in [4.78, 5) is 14.1. The Hall–Kier alpha value is -1.26. The molecule has 1 N–H and O–H groups in total. The van der Waals surface area contributed by atoms with Gasteiger partial charge in [0.15, 0.2) is 0 Å². The summed E-state index contributed by atoms with van der Waals surface area (Å²) in [6.45, 7) is 3.21. The van der Waals surface area contributed by atoms with E-state index in [-0.39, 0.29) is 22.8 Å². The number of rotatable bonds is 2. The van der Waals surface area contributed by atoms with Gasteiger partial charge in [-0.1, -0.05) is 11.6 Å². The van der Waals surface area contributed by atoms with E-state index in [0.717, 1.165) is 12.8 Å². The van der Waals surface area contributed by atoms with E-state index in [0.29, 0.717) is 18.1 Å². The van der Waals surface area contributed by atoms with Gasteiger partial charge >= 0.3 is 0 Å². The van der Waals surface area contributed by atoms with Crippen LogP contribution in [0, 0.1) is 0 Å². The molecule has 1 atom stereocenters. The second-order valence-corrected chi connectivity index (χ2v) is 5.58. The highest BCUT2D eigenvalue weighted by Gasteiger charge is 2.33. The average Bonchev–Trinajstić information content (AvgIpc) is 2.38. The van der Waals surface area contributed by atoms with Gasteiger partial charge in [-0.05, 0) is 38.0 Å². The molecule has 0 aromatic heterocycles. The molecule has 4 nitrogen and oxygen atoms in total. The summed E-state index contributed by atoms with van der Waals surface area (Å²) >= 11 is 5.77. The predicted molar refractivity (Wildman–Crippen MR) is 73.7 cm³/mol. The summed E-state index contributed by atoms with van der Waals surface area (Å²) in [6, 6.07) is 4.54. The van der Waals surface area contributed by atoms with Gasteiger partial charge in [-0.3, -0.25) is 4.79 Å². The third kappa shape index (κ3) is 3.01. The normalized spacial score (nSPS) is 23.4. The highest BCUT2D eigenvalue weighted by Crippen LogP contribution is 2.28. The minimum atomic E-state index is -0.310. The molecule has 1 aromatic carbocycles. The van der Waals surface area contributed by atoms with E-state index < -0.39 is 0 Å². The topological polar surface area (TPSA) is 49.8 Å². The summed E-state index contributed by atoms with van der Waals surface area (Å²) in [5.74, 6) is -0.265. The fourth-order valence-electron chi connectivity index (χ4n) is 2.40. The first-order chi connectivity index (χ1) is 8.95. The van der Waals surface area contributed by atoms with Crippen molar-refractivity contribution >= 4 is 17.5 Å². The second kappa shape index (κ2) is 5.39. The van der Waals surface area contributed by atoms with Crippen LogP contribution in [0.15, 0.2) is 18.2 Å². The zero-order valence-corrected chi connectivity index (χ0v) is 11.9. The Kier molecular flexibility index (Phi) is 4.02. The number of halogens is 1. The number of aromatic hydroxyl groups is 1. The summed E-state index contributed by atoms with van der Waals surface area (Å²) in [6.07, 6.45) is 1.82. The number of piperidine rings is 1. The zero-order valence-electron chi connectivity index (χ0n) is 11.1. The Morgan fingerprint density at radius 2 is 2.26 bits per heavy atom. The van der Waals surface area contributed by atoms with Gasteiger partial charge in [-0.15, -0.1) is 0 Å². The second-order valence-electron chi connectivity index (χ2n) is 5.15. The molecule has 1 fully saturated rings. The monoisotopic (exact) mass is 283 g/mol. The molecule has 0 aliphatic carbocycles. The number of amides is 1. The number of likely N-dealkylation sites (tertiary alicyclic amines) is 1. The van der Waals surface area contributed by atoms with Gasteiger partial charge in [0.05, 0.1) is 11.2 Å². The Bertz CT molecular complexity index is 492. The molecule has 2 rings (SSSR count). The third-order valence-electron chi connectivity index (χ3n) is 3.63. The van der Waals surface area contributed by atoms with E-state index in [4.69, 9.17) is 16.3 Å². The molecule has 1 amide bonds. The number of carbonyl (C=O) groups is 1. The van der Waals surface area contributed by atoms with Gasteiger partial charge in [-0.25, -0.2) is 0 Å². The Labute approximate surface area is 117 Å². The molecule has 1 aromatic rings. The molecule has 1 unspecified atom stereocenters. The van der Waals surface area contributed by atoms with Crippen LogP contribution in [0.1, 0.15) is 30.1 Å². The van der Waals surface area contributed by atoms with E-state index in [9.17, 15) is 9.90 Å². The van der Waals surface area contributed by atoms with E-state index in [1.165, 1.54) is 6.07 Å². The van der Waals surface area contributed by atoms with Gasteiger partial charge in [0.25, 0.3) is 5.91 Å². The van der Waals surface area contributed by atoms with Crippen molar-refractivity contribution in [2.24, 2.45) is 0 Å². The first kappa shape index (κ1) is 14.2. The van der Waals surface area contributed by atoms with Crippen LogP contribution in [0.5, 0.6) is 5.75 Å². The lowest BCUT2D eigenvalue weighted by Gasteiger charge is -2.39. The fraction of sp³-hybridized carbons (Fsp3) is 0.500. The maximum absolute atomic E-state index is 12.4. The van der Waals surface area contributed by atoms with E-state index >= 15 is 0 Å². The molecule has 19 heavy (non-hydrogen) atoms. The third-order valence-corrected chi connectivity index (χ3v) is 3.86. The predicted octanol–water partition coefficient (Wildman–Crippen LogP) is 2.69. The Morgan fingerprint density at radius 3 is 2.89 bits per heavy atom.